The van der Waals surface area contributed by atoms with E-state index in [1.54, 1.807) is 25.3 Å². The highest BCUT2D eigenvalue weighted by Crippen LogP contribution is 2.23. The molecule has 14 heavy (non-hydrogen) atoms. The third-order valence-corrected chi connectivity index (χ3v) is 1.84. The van der Waals surface area contributed by atoms with E-state index in [1.807, 2.05) is 0 Å². The van der Waals surface area contributed by atoms with E-state index in [-0.39, 0.29) is 0 Å². The number of alkyl halides is 1. The quantitative estimate of drug-likeness (QED) is 0.557. The molecule has 0 aliphatic rings. The Labute approximate surface area is 87.6 Å². The molecule has 0 atom stereocenters. The molecule has 0 unspecified atom stereocenters. The van der Waals surface area contributed by atoms with Crippen LogP contribution in [0.2, 0.25) is 0 Å². The van der Waals surface area contributed by atoms with Gasteiger partial charge in [0.05, 0.1) is 18.6 Å². The number of carbonyl (C=O) groups excluding carboxylic acids is 1. The van der Waals surface area contributed by atoms with Crippen molar-refractivity contribution in [2.45, 2.75) is 0 Å². The average Bonchev–Trinajstić information content (AvgIpc) is 2.25. The Morgan fingerprint density at radius 3 is 2.86 bits per heavy atom. The van der Waals surface area contributed by atoms with Gasteiger partial charge in [-0.2, -0.15) is 0 Å². The fraction of sp³-hybridized carbons (Fsp3) is 0.300. The summed E-state index contributed by atoms with van der Waals surface area (Å²) in [6.07, 6.45) is 0.739. The van der Waals surface area contributed by atoms with Crippen LogP contribution in [-0.4, -0.2) is 25.9 Å². The minimum atomic E-state index is 0.371. The van der Waals surface area contributed by atoms with Gasteiger partial charge in [-0.05, 0) is 12.1 Å². The lowest BCUT2D eigenvalue weighted by Gasteiger charge is -2.08. The Balaban J connectivity index is 2.90. The van der Waals surface area contributed by atoms with E-state index in [2.05, 4.69) is 0 Å². The molecule has 4 heteroatoms. The molecule has 0 radical (unpaired) electrons. The first kappa shape index (κ1) is 10.9. The van der Waals surface area contributed by atoms with Crippen molar-refractivity contribution in [2.24, 2.45) is 0 Å². The molecule has 0 amide bonds. The van der Waals surface area contributed by atoms with E-state index in [0.29, 0.717) is 29.5 Å². The summed E-state index contributed by atoms with van der Waals surface area (Å²) < 4.78 is 10.3. The molecule has 1 aromatic carbocycles. The maximum atomic E-state index is 10.6. The normalized spacial score (nSPS) is 9.57. The molecule has 0 fully saturated rings. The summed E-state index contributed by atoms with van der Waals surface area (Å²) >= 11 is 5.48. The monoisotopic (exact) mass is 214 g/mol. The van der Waals surface area contributed by atoms with Gasteiger partial charge in [-0.1, -0.05) is 0 Å². The minimum Gasteiger partial charge on any atom is -0.497 e. The SMILES string of the molecule is COc1ccc(C=O)c(OCCCl)c1. The molecule has 0 spiro atoms. The molecule has 1 rings (SSSR count). The predicted molar refractivity (Wildman–Crippen MR) is 54.6 cm³/mol. The second-order valence-electron chi connectivity index (χ2n) is 2.56. The lowest BCUT2D eigenvalue weighted by molar-refractivity contribution is 0.112. The van der Waals surface area contributed by atoms with Gasteiger partial charge in [0.1, 0.15) is 18.1 Å². The van der Waals surface area contributed by atoms with E-state index < -0.39 is 0 Å². The van der Waals surface area contributed by atoms with Gasteiger partial charge in [-0.3, -0.25) is 4.79 Å². The number of carbonyl (C=O) groups is 1. The molecular weight excluding hydrogens is 204 g/mol. The molecule has 76 valence electrons. The molecule has 0 aliphatic carbocycles. The number of benzene rings is 1. The van der Waals surface area contributed by atoms with Crippen LogP contribution in [0.15, 0.2) is 18.2 Å². The minimum absolute atomic E-state index is 0.371. The molecule has 0 saturated heterocycles. The van der Waals surface area contributed by atoms with Gasteiger partial charge in [0, 0.05) is 6.07 Å². The van der Waals surface area contributed by atoms with Gasteiger partial charge in [0.25, 0.3) is 0 Å². The zero-order chi connectivity index (χ0) is 10.4. The zero-order valence-electron chi connectivity index (χ0n) is 7.83. The summed E-state index contributed by atoms with van der Waals surface area (Å²) in [7, 11) is 1.56. The Bertz CT molecular complexity index is 312. The number of rotatable bonds is 5. The summed E-state index contributed by atoms with van der Waals surface area (Å²) in [6.45, 7) is 0.371. The number of halogens is 1. The Morgan fingerprint density at radius 1 is 1.50 bits per heavy atom. The van der Waals surface area contributed by atoms with Crippen molar-refractivity contribution in [2.75, 3.05) is 19.6 Å². The molecule has 3 nitrogen and oxygen atoms in total. The highest BCUT2D eigenvalue weighted by Gasteiger charge is 2.04. The third kappa shape index (κ3) is 2.64. The van der Waals surface area contributed by atoms with Crippen LogP contribution in [0.3, 0.4) is 0 Å². The number of methoxy groups -OCH3 is 1. The summed E-state index contributed by atoms with van der Waals surface area (Å²) in [4.78, 5) is 10.6. The fourth-order valence-electron chi connectivity index (χ4n) is 1.01. The van der Waals surface area contributed by atoms with Gasteiger partial charge in [-0.15, -0.1) is 11.6 Å². The van der Waals surface area contributed by atoms with Crippen LogP contribution in [0.1, 0.15) is 10.4 Å². The molecule has 0 saturated carbocycles. The molecule has 0 N–H and O–H groups in total. The van der Waals surface area contributed by atoms with Crippen molar-refractivity contribution in [3.8, 4) is 11.5 Å². The topological polar surface area (TPSA) is 35.5 Å². The zero-order valence-corrected chi connectivity index (χ0v) is 8.58. The van der Waals surface area contributed by atoms with Gasteiger partial charge < -0.3 is 9.47 Å². The first-order valence-corrected chi connectivity index (χ1v) is 4.67. The van der Waals surface area contributed by atoms with E-state index in [1.165, 1.54) is 0 Å². The summed E-state index contributed by atoms with van der Waals surface area (Å²) in [5, 5.41) is 0. The van der Waals surface area contributed by atoms with E-state index in [0.717, 1.165) is 6.29 Å². The van der Waals surface area contributed by atoms with Crippen LogP contribution in [0.25, 0.3) is 0 Å². The van der Waals surface area contributed by atoms with Crippen LogP contribution in [0.5, 0.6) is 11.5 Å². The summed E-state index contributed by atoms with van der Waals surface area (Å²) in [6, 6.07) is 5.02. The lowest BCUT2D eigenvalue weighted by atomic mass is 10.2. The largest absolute Gasteiger partial charge is 0.497 e. The first-order valence-electron chi connectivity index (χ1n) is 4.13. The van der Waals surface area contributed by atoms with Crippen LogP contribution in [0, 0.1) is 0 Å². The maximum Gasteiger partial charge on any atom is 0.153 e. The van der Waals surface area contributed by atoms with Gasteiger partial charge in [0.15, 0.2) is 6.29 Å². The van der Waals surface area contributed by atoms with Crippen molar-refractivity contribution in [1.29, 1.82) is 0 Å². The highest BCUT2D eigenvalue weighted by molar-refractivity contribution is 6.18. The van der Waals surface area contributed by atoms with Crippen molar-refractivity contribution < 1.29 is 14.3 Å². The van der Waals surface area contributed by atoms with Crippen LogP contribution in [0.4, 0.5) is 0 Å². The van der Waals surface area contributed by atoms with Gasteiger partial charge in [0.2, 0.25) is 0 Å². The van der Waals surface area contributed by atoms with E-state index >= 15 is 0 Å². The number of hydrogen-bond acceptors (Lipinski definition) is 3. The Kier molecular flexibility index (Phi) is 4.26. The van der Waals surface area contributed by atoms with Gasteiger partial charge >= 0.3 is 0 Å². The molecule has 0 aliphatic heterocycles. The molecule has 0 aromatic heterocycles. The standard InChI is InChI=1S/C10H11ClO3/c1-13-9-3-2-8(7-12)10(6-9)14-5-4-11/h2-3,6-7H,4-5H2,1H3. The second-order valence-corrected chi connectivity index (χ2v) is 2.94. The predicted octanol–water partition coefficient (Wildman–Crippen LogP) is 2.13. The van der Waals surface area contributed by atoms with Crippen molar-refractivity contribution >= 4 is 17.9 Å². The number of ether oxygens (including phenoxy) is 2. The van der Waals surface area contributed by atoms with Crippen molar-refractivity contribution in [3.05, 3.63) is 23.8 Å². The summed E-state index contributed by atoms with van der Waals surface area (Å²) in [5.41, 5.74) is 0.496. The molecule has 0 bridgehead atoms. The molecular formula is C10H11ClO3. The van der Waals surface area contributed by atoms with Crippen LogP contribution >= 0.6 is 11.6 Å². The second kappa shape index (κ2) is 5.50. The van der Waals surface area contributed by atoms with Crippen LogP contribution < -0.4 is 9.47 Å². The maximum absolute atomic E-state index is 10.6. The fourth-order valence-corrected chi connectivity index (χ4v) is 1.09. The van der Waals surface area contributed by atoms with Gasteiger partial charge in [-0.25, -0.2) is 0 Å². The Morgan fingerprint density at radius 2 is 2.29 bits per heavy atom. The van der Waals surface area contributed by atoms with Crippen LogP contribution in [-0.2, 0) is 0 Å². The average molecular weight is 215 g/mol. The first-order chi connectivity index (χ1) is 6.81. The molecule has 1 aromatic rings. The lowest BCUT2D eigenvalue weighted by Crippen LogP contribution is -2.01. The van der Waals surface area contributed by atoms with E-state index in [9.17, 15) is 4.79 Å². The number of aldehydes is 1. The van der Waals surface area contributed by atoms with E-state index in [4.69, 9.17) is 21.1 Å². The molecule has 0 heterocycles. The van der Waals surface area contributed by atoms with Crippen molar-refractivity contribution in [3.63, 3.8) is 0 Å². The smallest absolute Gasteiger partial charge is 0.153 e. The third-order valence-electron chi connectivity index (χ3n) is 1.68. The number of hydrogen-bond donors (Lipinski definition) is 0. The highest BCUT2D eigenvalue weighted by atomic mass is 35.5. The summed E-state index contributed by atoms with van der Waals surface area (Å²) in [5.74, 6) is 1.54. The Hall–Kier alpha value is -1.22. The van der Waals surface area contributed by atoms with Crippen molar-refractivity contribution in [1.82, 2.24) is 0 Å².